The van der Waals surface area contributed by atoms with E-state index < -0.39 is 0 Å². The van der Waals surface area contributed by atoms with Gasteiger partial charge in [0, 0.05) is 42.1 Å². The SMILES string of the molecule is CCN1Cc2c(n(CCc3ccc(F)cc3)c3cc(C)cc(C)c23)CC1C. The van der Waals surface area contributed by atoms with E-state index in [2.05, 4.69) is 49.3 Å². The predicted octanol–water partition coefficient (Wildman–Crippen LogP) is 5.41. The van der Waals surface area contributed by atoms with Crippen LogP contribution in [0.15, 0.2) is 36.4 Å². The Balaban J connectivity index is 1.79. The van der Waals surface area contributed by atoms with Crippen molar-refractivity contribution in [2.45, 2.75) is 59.7 Å². The van der Waals surface area contributed by atoms with Crippen LogP contribution in [-0.4, -0.2) is 22.1 Å². The van der Waals surface area contributed by atoms with Gasteiger partial charge < -0.3 is 4.57 Å². The maximum absolute atomic E-state index is 13.2. The lowest BCUT2D eigenvalue weighted by Gasteiger charge is -2.33. The second-order valence-corrected chi connectivity index (χ2v) is 8.05. The summed E-state index contributed by atoms with van der Waals surface area (Å²) in [5, 5.41) is 1.44. The van der Waals surface area contributed by atoms with Gasteiger partial charge in [0.15, 0.2) is 0 Å². The Hall–Kier alpha value is -2.13. The summed E-state index contributed by atoms with van der Waals surface area (Å²) < 4.78 is 15.8. The van der Waals surface area contributed by atoms with E-state index in [1.54, 1.807) is 12.1 Å². The largest absolute Gasteiger partial charge is 0.344 e. The minimum Gasteiger partial charge on any atom is -0.344 e. The van der Waals surface area contributed by atoms with E-state index in [1.807, 2.05) is 12.1 Å². The second kappa shape index (κ2) is 7.12. The van der Waals surface area contributed by atoms with E-state index in [-0.39, 0.29) is 5.82 Å². The average molecular weight is 365 g/mol. The fourth-order valence-corrected chi connectivity index (χ4v) is 4.75. The topological polar surface area (TPSA) is 8.17 Å². The number of rotatable bonds is 4. The summed E-state index contributed by atoms with van der Waals surface area (Å²) in [6, 6.07) is 12.2. The number of nitrogens with zero attached hydrogens (tertiary/aromatic N) is 2. The molecule has 3 aromatic rings. The highest BCUT2D eigenvalue weighted by atomic mass is 19.1. The van der Waals surface area contributed by atoms with Crippen LogP contribution in [0, 0.1) is 19.7 Å². The van der Waals surface area contributed by atoms with Gasteiger partial charge in [0.05, 0.1) is 0 Å². The van der Waals surface area contributed by atoms with Crippen LogP contribution >= 0.6 is 0 Å². The van der Waals surface area contributed by atoms with Crippen molar-refractivity contribution in [1.82, 2.24) is 9.47 Å². The molecular formula is C24H29FN2. The summed E-state index contributed by atoms with van der Waals surface area (Å²) in [5.74, 6) is -0.165. The van der Waals surface area contributed by atoms with Gasteiger partial charge in [-0.25, -0.2) is 4.39 Å². The van der Waals surface area contributed by atoms with E-state index >= 15 is 0 Å². The summed E-state index contributed by atoms with van der Waals surface area (Å²) in [7, 11) is 0. The molecule has 1 atom stereocenters. The van der Waals surface area contributed by atoms with E-state index in [9.17, 15) is 4.39 Å². The molecule has 0 saturated carbocycles. The summed E-state index contributed by atoms with van der Waals surface area (Å²) in [5.41, 5.74) is 8.27. The summed E-state index contributed by atoms with van der Waals surface area (Å²) in [4.78, 5) is 2.57. The minimum absolute atomic E-state index is 0.165. The molecule has 0 saturated heterocycles. The lowest BCUT2D eigenvalue weighted by molar-refractivity contribution is 0.192. The van der Waals surface area contributed by atoms with Crippen LogP contribution in [0.3, 0.4) is 0 Å². The zero-order valence-electron chi connectivity index (χ0n) is 16.8. The monoisotopic (exact) mass is 364 g/mol. The molecule has 1 aliphatic rings. The Morgan fingerprint density at radius 3 is 2.56 bits per heavy atom. The zero-order chi connectivity index (χ0) is 19.1. The highest BCUT2D eigenvalue weighted by Crippen LogP contribution is 2.35. The number of aromatic nitrogens is 1. The molecule has 0 bridgehead atoms. The highest BCUT2D eigenvalue weighted by molar-refractivity contribution is 5.89. The van der Waals surface area contributed by atoms with Crippen molar-refractivity contribution in [3.8, 4) is 0 Å². The van der Waals surface area contributed by atoms with Crippen molar-refractivity contribution in [3.05, 3.63) is 70.2 Å². The molecule has 1 unspecified atom stereocenters. The van der Waals surface area contributed by atoms with Crippen LogP contribution in [0.1, 0.15) is 41.8 Å². The predicted molar refractivity (Wildman–Crippen MR) is 111 cm³/mol. The number of hydrogen-bond acceptors (Lipinski definition) is 1. The van der Waals surface area contributed by atoms with Crippen LogP contribution in [0.25, 0.3) is 10.9 Å². The third-order valence-electron chi connectivity index (χ3n) is 6.14. The summed E-state index contributed by atoms with van der Waals surface area (Å²) in [6.07, 6.45) is 2.02. The van der Waals surface area contributed by atoms with Crippen LogP contribution in [-0.2, 0) is 25.9 Å². The molecule has 0 aliphatic carbocycles. The lowest BCUT2D eigenvalue weighted by Crippen LogP contribution is -2.38. The van der Waals surface area contributed by atoms with Crippen molar-refractivity contribution in [2.75, 3.05) is 6.54 Å². The van der Waals surface area contributed by atoms with Crippen molar-refractivity contribution in [1.29, 1.82) is 0 Å². The third-order valence-corrected chi connectivity index (χ3v) is 6.14. The molecule has 2 aromatic carbocycles. The average Bonchev–Trinajstić information content (AvgIpc) is 2.93. The molecule has 142 valence electrons. The van der Waals surface area contributed by atoms with Gasteiger partial charge >= 0.3 is 0 Å². The maximum Gasteiger partial charge on any atom is 0.123 e. The number of halogens is 1. The Morgan fingerprint density at radius 1 is 1.11 bits per heavy atom. The van der Waals surface area contributed by atoms with Crippen LogP contribution in [0.5, 0.6) is 0 Å². The second-order valence-electron chi connectivity index (χ2n) is 8.05. The Labute approximate surface area is 161 Å². The standard InChI is InChI=1S/C24H29FN2/c1-5-26-15-21-22(14-18(26)4)27(11-10-19-6-8-20(25)9-7-19)23-13-16(2)12-17(3)24(21)23/h6-9,12-13,18H,5,10-11,14-15H2,1-4H3. The van der Waals surface area contributed by atoms with E-state index in [1.165, 1.54) is 38.9 Å². The van der Waals surface area contributed by atoms with Crippen molar-refractivity contribution in [3.63, 3.8) is 0 Å². The van der Waals surface area contributed by atoms with Crippen molar-refractivity contribution in [2.24, 2.45) is 0 Å². The minimum atomic E-state index is -0.165. The Bertz CT molecular complexity index is 968. The van der Waals surface area contributed by atoms with E-state index in [0.29, 0.717) is 6.04 Å². The maximum atomic E-state index is 13.2. The van der Waals surface area contributed by atoms with Gasteiger partial charge in [-0.05, 0) is 74.2 Å². The first-order valence-electron chi connectivity index (χ1n) is 10.1. The normalized spacial score (nSPS) is 17.4. The van der Waals surface area contributed by atoms with Crippen LogP contribution in [0.2, 0.25) is 0 Å². The van der Waals surface area contributed by atoms with Gasteiger partial charge in [-0.15, -0.1) is 0 Å². The van der Waals surface area contributed by atoms with Gasteiger partial charge in [0.2, 0.25) is 0 Å². The number of benzene rings is 2. The van der Waals surface area contributed by atoms with Crippen molar-refractivity contribution < 1.29 is 4.39 Å². The molecule has 0 spiro atoms. The smallest absolute Gasteiger partial charge is 0.123 e. The molecule has 27 heavy (non-hydrogen) atoms. The molecule has 2 heterocycles. The highest BCUT2D eigenvalue weighted by Gasteiger charge is 2.28. The third kappa shape index (κ3) is 3.29. The first-order chi connectivity index (χ1) is 13.0. The molecule has 0 amide bonds. The van der Waals surface area contributed by atoms with Crippen LogP contribution < -0.4 is 0 Å². The summed E-state index contributed by atoms with van der Waals surface area (Å²) >= 11 is 0. The number of likely N-dealkylation sites (N-methyl/N-ethyl adjacent to an activating group) is 1. The first-order valence-corrected chi connectivity index (χ1v) is 10.1. The number of fused-ring (bicyclic) bond motifs is 3. The molecule has 0 radical (unpaired) electrons. The lowest BCUT2D eigenvalue weighted by atomic mass is 9.97. The quantitative estimate of drug-likeness (QED) is 0.601. The number of aryl methyl sites for hydroxylation is 4. The Morgan fingerprint density at radius 2 is 1.85 bits per heavy atom. The van der Waals surface area contributed by atoms with E-state index in [0.717, 1.165) is 32.5 Å². The molecular weight excluding hydrogens is 335 g/mol. The summed E-state index contributed by atoms with van der Waals surface area (Å²) in [6.45, 7) is 12.1. The van der Waals surface area contributed by atoms with Crippen molar-refractivity contribution >= 4 is 10.9 Å². The molecule has 0 N–H and O–H groups in total. The fraction of sp³-hybridized carbons (Fsp3) is 0.417. The fourth-order valence-electron chi connectivity index (χ4n) is 4.75. The molecule has 3 heteroatoms. The number of hydrogen-bond donors (Lipinski definition) is 0. The van der Waals surface area contributed by atoms with Crippen LogP contribution in [0.4, 0.5) is 4.39 Å². The molecule has 0 fully saturated rings. The molecule has 2 nitrogen and oxygen atoms in total. The van der Waals surface area contributed by atoms with Gasteiger partial charge in [-0.1, -0.05) is 25.1 Å². The van der Waals surface area contributed by atoms with Gasteiger partial charge in [0.1, 0.15) is 5.82 Å². The van der Waals surface area contributed by atoms with Gasteiger partial charge in [-0.3, -0.25) is 4.90 Å². The molecule has 4 rings (SSSR count). The molecule has 1 aromatic heterocycles. The zero-order valence-corrected chi connectivity index (χ0v) is 16.8. The van der Waals surface area contributed by atoms with E-state index in [4.69, 9.17) is 0 Å². The Kier molecular flexibility index (Phi) is 4.81. The first kappa shape index (κ1) is 18.2. The van der Waals surface area contributed by atoms with Gasteiger partial charge in [0.25, 0.3) is 0 Å². The molecule has 1 aliphatic heterocycles. The van der Waals surface area contributed by atoms with Gasteiger partial charge in [-0.2, -0.15) is 0 Å².